The Morgan fingerprint density at radius 2 is 0.903 bits per heavy atom. The van der Waals surface area contributed by atoms with E-state index in [4.69, 9.17) is 0 Å². The Kier molecular flexibility index (Phi) is 6.08. The Morgan fingerprint density at radius 3 is 1.32 bits per heavy atom. The average molecular weight is 466 g/mol. The summed E-state index contributed by atoms with van der Waals surface area (Å²) in [5.41, 5.74) is -5.43. The monoisotopic (exact) mass is 466 g/mol. The van der Waals surface area contributed by atoms with Crippen LogP contribution in [0.4, 0.5) is 39.5 Å². The molecule has 0 aliphatic carbocycles. The standard InChI is InChI=1S/C20H7F9OS/c1-6(30)31-8-4-2-7(3-5-8)9-10(13(22)17(26)16(25)12(9)21)11-14(23)18(27)20(29)19(28)15(11)24/h2-5H,1H3. The zero-order valence-electron chi connectivity index (χ0n) is 15.0. The highest BCUT2D eigenvalue weighted by Gasteiger charge is 2.34. The van der Waals surface area contributed by atoms with Gasteiger partial charge in [0.1, 0.15) is 0 Å². The van der Waals surface area contributed by atoms with Gasteiger partial charge in [0.05, 0.1) is 5.56 Å². The molecule has 0 unspecified atom stereocenters. The summed E-state index contributed by atoms with van der Waals surface area (Å²) in [6.07, 6.45) is 0. The van der Waals surface area contributed by atoms with E-state index in [9.17, 15) is 44.3 Å². The number of hydrogen-bond acceptors (Lipinski definition) is 2. The second-order valence-electron chi connectivity index (χ2n) is 6.07. The van der Waals surface area contributed by atoms with Gasteiger partial charge in [0.15, 0.2) is 51.7 Å². The van der Waals surface area contributed by atoms with Crippen LogP contribution in [0.2, 0.25) is 0 Å². The van der Waals surface area contributed by atoms with Gasteiger partial charge >= 0.3 is 0 Å². The van der Waals surface area contributed by atoms with E-state index in [1.807, 2.05) is 0 Å². The molecule has 3 aromatic rings. The minimum absolute atomic E-state index is 0.289. The predicted octanol–water partition coefficient (Wildman–Crippen LogP) is 6.91. The molecule has 0 fully saturated rings. The van der Waals surface area contributed by atoms with Gasteiger partial charge in [-0.25, -0.2) is 39.5 Å². The van der Waals surface area contributed by atoms with Crippen molar-refractivity contribution in [3.05, 3.63) is 76.6 Å². The van der Waals surface area contributed by atoms with Crippen molar-refractivity contribution in [3.63, 3.8) is 0 Å². The van der Waals surface area contributed by atoms with Gasteiger partial charge in [0.25, 0.3) is 0 Å². The molecule has 0 aliphatic rings. The SMILES string of the molecule is CC(=O)Sc1ccc(-c2c(F)c(F)c(F)c(F)c2-c2c(F)c(F)c(F)c(F)c2F)cc1. The topological polar surface area (TPSA) is 17.1 Å². The Hall–Kier alpha value is -2.95. The van der Waals surface area contributed by atoms with Crippen LogP contribution in [0.15, 0.2) is 29.2 Å². The summed E-state index contributed by atoms with van der Waals surface area (Å²) >= 11 is 0.725. The first-order valence-corrected chi connectivity index (χ1v) is 8.95. The molecule has 3 aromatic carbocycles. The molecule has 0 saturated carbocycles. The van der Waals surface area contributed by atoms with Crippen molar-refractivity contribution >= 4 is 16.9 Å². The van der Waals surface area contributed by atoms with Gasteiger partial charge in [-0.15, -0.1) is 0 Å². The molecule has 0 heterocycles. The maximum absolute atomic E-state index is 14.6. The third-order valence-corrected chi connectivity index (χ3v) is 4.93. The van der Waals surface area contributed by atoms with Crippen molar-refractivity contribution in [1.82, 2.24) is 0 Å². The molecular weight excluding hydrogens is 459 g/mol. The maximum Gasteiger partial charge on any atom is 0.200 e. The molecule has 0 atom stereocenters. The van der Waals surface area contributed by atoms with Crippen molar-refractivity contribution in [2.75, 3.05) is 0 Å². The largest absolute Gasteiger partial charge is 0.287 e. The summed E-state index contributed by atoms with van der Waals surface area (Å²) in [4.78, 5) is 11.4. The zero-order valence-corrected chi connectivity index (χ0v) is 15.8. The lowest BCUT2D eigenvalue weighted by molar-refractivity contribution is -0.109. The molecule has 1 nitrogen and oxygen atoms in total. The number of rotatable bonds is 3. The zero-order chi connectivity index (χ0) is 23.2. The van der Waals surface area contributed by atoms with E-state index in [-0.39, 0.29) is 10.0 Å². The van der Waals surface area contributed by atoms with Crippen LogP contribution in [0.3, 0.4) is 0 Å². The smallest absolute Gasteiger partial charge is 0.200 e. The highest BCUT2D eigenvalue weighted by atomic mass is 32.2. The maximum atomic E-state index is 14.6. The van der Waals surface area contributed by atoms with Crippen LogP contribution < -0.4 is 0 Å². The summed E-state index contributed by atoms with van der Waals surface area (Å²) in [5.74, 6) is -22.0. The minimum atomic E-state index is -2.57. The molecule has 0 aliphatic heterocycles. The first-order chi connectivity index (χ1) is 14.5. The molecule has 0 amide bonds. The van der Waals surface area contributed by atoms with E-state index >= 15 is 0 Å². The van der Waals surface area contributed by atoms with Gasteiger partial charge in [-0.05, 0) is 17.7 Å². The van der Waals surface area contributed by atoms with Gasteiger partial charge in [0.2, 0.25) is 5.82 Å². The number of carbonyl (C=O) groups excluding carboxylic acids is 1. The molecule has 3 rings (SSSR count). The summed E-state index contributed by atoms with van der Waals surface area (Å²) in [7, 11) is 0. The fourth-order valence-corrected chi connectivity index (χ4v) is 3.42. The van der Waals surface area contributed by atoms with Gasteiger partial charge < -0.3 is 0 Å². The third kappa shape index (κ3) is 3.78. The highest BCUT2D eigenvalue weighted by molar-refractivity contribution is 8.13. The van der Waals surface area contributed by atoms with Crippen LogP contribution >= 0.6 is 11.8 Å². The van der Waals surface area contributed by atoms with Crippen molar-refractivity contribution in [3.8, 4) is 22.3 Å². The molecule has 11 heteroatoms. The predicted molar refractivity (Wildman–Crippen MR) is 93.5 cm³/mol. The van der Waals surface area contributed by atoms with E-state index in [1.54, 1.807) is 0 Å². The number of benzene rings is 3. The quantitative estimate of drug-likeness (QED) is 0.181. The molecular formula is C20H7F9OS. The van der Waals surface area contributed by atoms with E-state index < -0.39 is 74.6 Å². The van der Waals surface area contributed by atoms with E-state index in [0.717, 1.165) is 23.9 Å². The van der Waals surface area contributed by atoms with Crippen LogP contribution in [0.1, 0.15) is 6.92 Å². The Morgan fingerprint density at radius 1 is 0.548 bits per heavy atom. The van der Waals surface area contributed by atoms with E-state index in [1.165, 1.54) is 19.1 Å². The Balaban J connectivity index is 2.42. The lowest BCUT2D eigenvalue weighted by Gasteiger charge is -2.16. The van der Waals surface area contributed by atoms with Crippen molar-refractivity contribution in [1.29, 1.82) is 0 Å². The van der Waals surface area contributed by atoms with Gasteiger partial charge in [0, 0.05) is 22.9 Å². The second kappa shape index (κ2) is 8.29. The average Bonchev–Trinajstić information content (AvgIpc) is 2.73. The fourth-order valence-electron chi connectivity index (χ4n) is 2.82. The van der Waals surface area contributed by atoms with Crippen molar-refractivity contribution in [2.45, 2.75) is 11.8 Å². The van der Waals surface area contributed by atoms with Crippen LogP contribution in [-0.4, -0.2) is 5.12 Å². The fraction of sp³-hybridized carbons (Fsp3) is 0.0500. The molecule has 0 N–H and O–H groups in total. The Bertz CT molecular complexity index is 1190. The number of thioether (sulfide) groups is 1. The molecule has 0 bridgehead atoms. The third-order valence-electron chi connectivity index (χ3n) is 4.13. The number of carbonyl (C=O) groups is 1. The molecule has 0 aromatic heterocycles. The second-order valence-corrected chi connectivity index (χ2v) is 7.32. The summed E-state index contributed by atoms with van der Waals surface area (Å²) in [6, 6.07) is 4.27. The normalized spacial score (nSPS) is 11.2. The van der Waals surface area contributed by atoms with Crippen LogP contribution in [0, 0.1) is 52.4 Å². The summed E-state index contributed by atoms with van der Waals surface area (Å²) in [6.45, 7) is 1.23. The van der Waals surface area contributed by atoms with Gasteiger partial charge in [-0.3, -0.25) is 4.79 Å². The van der Waals surface area contributed by atoms with Gasteiger partial charge in [-0.2, -0.15) is 0 Å². The summed E-state index contributed by atoms with van der Waals surface area (Å²) < 4.78 is 126. The van der Waals surface area contributed by atoms with E-state index in [0.29, 0.717) is 0 Å². The molecule has 0 saturated heterocycles. The van der Waals surface area contributed by atoms with Gasteiger partial charge in [-0.1, -0.05) is 23.9 Å². The lowest BCUT2D eigenvalue weighted by Crippen LogP contribution is -2.09. The lowest BCUT2D eigenvalue weighted by atomic mass is 9.92. The molecule has 0 spiro atoms. The summed E-state index contributed by atoms with van der Waals surface area (Å²) in [5, 5.41) is -0.347. The van der Waals surface area contributed by atoms with Crippen LogP contribution in [0.5, 0.6) is 0 Å². The van der Waals surface area contributed by atoms with Crippen LogP contribution in [0.25, 0.3) is 22.3 Å². The van der Waals surface area contributed by atoms with Crippen molar-refractivity contribution < 1.29 is 44.3 Å². The highest BCUT2D eigenvalue weighted by Crippen LogP contribution is 2.43. The molecule has 162 valence electrons. The molecule has 31 heavy (non-hydrogen) atoms. The number of hydrogen-bond donors (Lipinski definition) is 0. The number of halogens is 9. The Labute approximate surface area is 172 Å². The van der Waals surface area contributed by atoms with Crippen LogP contribution in [-0.2, 0) is 4.79 Å². The molecule has 0 radical (unpaired) electrons. The van der Waals surface area contributed by atoms with Crippen molar-refractivity contribution in [2.24, 2.45) is 0 Å². The minimum Gasteiger partial charge on any atom is -0.287 e. The first-order valence-electron chi connectivity index (χ1n) is 8.13. The van der Waals surface area contributed by atoms with E-state index in [2.05, 4.69) is 0 Å². The first kappa shape index (κ1) is 22.7.